The molecule has 1 saturated heterocycles. The summed E-state index contributed by atoms with van der Waals surface area (Å²) in [4.78, 5) is 31.6. The van der Waals surface area contributed by atoms with E-state index in [0.717, 1.165) is 25.7 Å². The van der Waals surface area contributed by atoms with Gasteiger partial charge in [-0.25, -0.2) is 14.6 Å². The molecule has 0 radical (unpaired) electrons. The van der Waals surface area contributed by atoms with Crippen LogP contribution in [0.3, 0.4) is 0 Å². The number of carbonyl (C=O) groups excluding carboxylic acids is 1. The monoisotopic (exact) mass is 394 g/mol. The summed E-state index contributed by atoms with van der Waals surface area (Å²) >= 11 is 0. The van der Waals surface area contributed by atoms with E-state index in [0.29, 0.717) is 12.2 Å². The number of aromatic carboxylic acids is 1. The predicted molar refractivity (Wildman–Crippen MR) is 110 cm³/mol. The molecule has 1 aliphatic carbocycles. The molecule has 0 atom stereocenters. The van der Waals surface area contributed by atoms with Gasteiger partial charge in [0, 0.05) is 5.54 Å². The standard InChI is InChI=1S/C22H26N4O3/c1-25(2)22(16-6-4-3-5-7-16)12-10-21(11-13-22)15-26(20(29)24-21)17-8-9-18(19(27)28)23-14-17/h3-9,14H,10-13,15H2,1-2H3,(H,24,29)(H,27,28). The Kier molecular flexibility index (Phi) is 4.78. The highest BCUT2D eigenvalue weighted by atomic mass is 16.4. The third-order valence-electron chi connectivity index (χ3n) is 6.56. The van der Waals surface area contributed by atoms with Crippen molar-refractivity contribution < 1.29 is 14.7 Å². The van der Waals surface area contributed by atoms with Crippen LogP contribution in [-0.2, 0) is 5.54 Å². The fourth-order valence-electron chi connectivity index (χ4n) is 4.76. The minimum absolute atomic E-state index is 0.0284. The van der Waals surface area contributed by atoms with Crippen LogP contribution in [-0.4, -0.2) is 53.2 Å². The SMILES string of the molecule is CN(C)C1(c2ccccc2)CCC2(CC1)CN(c1ccc(C(=O)O)nc1)C(=O)N2. The molecule has 1 spiro atoms. The highest BCUT2D eigenvalue weighted by Gasteiger charge is 2.50. The Morgan fingerprint density at radius 3 is 2.34 bits per heavy atom. The highest BCUT2D eigenvalue weighted by molar-refractivity contribution is 5.95. The van der Waals surface area contributed by atoms with E-state index < -0.39 is 5.97 Å². The van der Waals surface area contributed by atoms with Crippen molar-refractivity contribution >= 4 is 17.7 Å². The summed E-state index contributed by atoms with van der Waals surface area (Å²) in [6.45, 7) is 0.568. The van der Waals surface area contributed by atoms with Gasteiger partial charge in [-0.15, -0.1) is 0 Å². The first-order valence-electron chi connectivity index (χ1n) is 9.87. The number of nitrogens with zero attached hydrogens (tertiary/aromatic N) is 3. The lowest BCUT2D eigenvalue weighted by Gasteiger charge is -2.48. The van der Waals surface area contributed by atoms with E-state index in [1.165, 1.54) is 17.8 Å². The van der Waals surface area contributed by atoms with Crippen molar-refractivity contribution in [1.29, 1.82) is 0 Å². The van der Waals surface area contributed by atoms with E-state index in [-0.39, 0.29) is 22.8 Å². The maximum atomic E-state index is 12.7. The largest absolute Gasteiger partial charge is 0.477 e. The molecular formula is C22H26N4O3. The molecule has 1 saturated carbocycles. The second kappa shape index (κ2) is 7.15. The summed E-state index contributed by atoms with van der Waals surface area (Å²) in [5.41, 5.74) is 1.61. The Hall–Kier alpha value is -2.93. The normalized spacial score (nSPS) is 26.7. The summed E-state index contributed by atoms with van der Waals surface area (Å²) in [5, 5.41) is 12.2. The number of rotatable bonds is 4. The van der Waals surface area contributed by atoms with E-state index in [1.54, 1.807) is 11.0 Å². The minimum atomic E-state index is -1.08. The van der Waals surface area contributed by atoms with Gasteiger partial charge in [0.25, 0.3) is 0 Å². The number of carboxylic acids is 1. The zero-order chi connectivity index (χ0) is 20.6. The molecule has 2 amide bonds. The molecule has 152 valence electrons. The van der Waals surface area contributed by atoms with Gasteiger partial charge in [-0.05, 0) is 57.5 Å². The molecule has 0 unspecified atom stereocenters. The molecule has 0 bridgehead atoms. The molecule has 7 nitrogen and oxygen atoms in total. The van der Waals surface area contributed by atoms with Gasteiger partial charge in [-0.3, -0.25) is 9.80 Å². The van der Waals surface area contributed by atoms with Gasteiger partial charge in [-0.2, -0.15) is 0 Å². The van der Waals surface area contributed by atoms with E-state index in [2.05, 4.69) is 53.6 Å². The maximum absolute atomic E-state index is 12.7. The Balaban J connectivity index is 1.53. The van der Waals surface area contributed by atoms with Crippen LogP contribution >= 0.6 is 0 Å². The third-order valence-corrected chi connectivity index (χ3v) is 6.56. The van der Waals surface area contributed by atoms with Gasteiger partial charge >= 0.3 is 12.0 Å². The van der Waals surface area contributed by atoms with Crippen LogP contribution < -0.4 is 10.2 Å². The molecule has 4 rings (SSSR count). The van der Waals surface area contributed by atoms with Crippen molar-refractivity contribution in [2.75, 3.05) is 25.5 Å². The van der Waals surface area contributed by atoms with Crippen LogP contribution in [0.4, 0.5) is 10.5 Å². The van der Waals surface area contributed by atoms with Crippen LogP contribution in [0.25, 0.3) is 0 Å². The molecule has 29 heavy (non-hydrogen) atoms. The summed E-state index contributed by atoms with van der Waals surface area (Å²) < 4.78 is 0. The van der Waals surface area contributed by atoms with E-state index in [9.17, 15) is 9.59 Å². The summed E-state index contributed by atoms with van der Waals surface area (Å²) in [6.07, 6.45) is 5.12. The number of amides is 2. The zero-order valence-corrected chi connectivity index (χ0v) is 16.8. The Labute approximate surface area is 170 Å². The first-order chi connectivity index (χ1) is 13.9. The predicted octanol–water partition coefficient (Wildman–Crippen LogP) is 3.08. The molecule has 2 fully saturated rings. The number of benzene rings is 1. The molecule has 1 aliphatic heterocycles. The van der Waals surface area contributed by atoms with Gasteiger partial charge in [0.05, 0.1) is 24.0 Å². The van der Waals surface area contributed by atoms with Gasteiger partial charge in [0.15, 0.2) is 0 Å². The number of hydrogen-bond acceptors (Lipinski definition) is 4. The fourth-order valence-corrected chi connectivity index (χ4v) is 4.76. The number of carbonyl (C=O) groups is 2. The van der Waals surface area contributed by atoms with Gasteiger partial charge in [-0.1, -0.05) is 30.3 Å². The Bertz CT molecular complexity index is 903. The molecule has 2 aromatic rings. The lowest BCUT2D eigenvalue weighted by Crippen LogP contribution is -2.54. The molecule has 2 N–H and O–H groups in total. The Morgan fingerprint density at radius 1 is 1.10 bits per heavy atom. The molecule has 7 heteroatoms. The number of hydrogen-bond donors (Lipinski definition) is 2. The van der Waals surface area contributed by atoms with Gasteiger partial charge < -0.3 is 10.4 Å². The third kappa shape index (κ3) is 3.35. The summed E-state index contributed by atoms with van der Waals surface area (Å²) in [6, 6.07) is 13.5. The lowest BCUT2D eigenvalue weighted by atomic mass is 9.69. The van der Waals surface area contributed by atoms with Crippen molar-refractivity contribution in [1.82, 2.24) is 15.2 Å². The first kappa shape index (κ1) is 19.4. The van der Waals surface area contributed by atoms with Crippen LogP contribution in [0, 0.1) is 0 Å². The van der Waals surface area contributed by atoms with Crippen molar-refractivity contribution in [2.24, 2.45) is 0 Å². The van der Waals surface area contributed by atoms with Crippen molar-refractivity contribution in [2.45, 2.75) is 36.8 Å². The van der Waals surface area contributed by atoms with E-state index >= 15 is 0 Å². The van der Waals surface area contributed by atoms with Crippen molar-refractivity contribution in [3.63, 3.8) is 0 Å². The zero-order valence-electron chi connectivity index (χ0n) is 16.8. The van der Waals surface area contributed by atoms with E-state index in [1.807, 2.05) is 6.07 Å². The first-order valence-corrected chi connectivity index (χ1v) is 9.87. The van der Waals surface area contributed by atoms with Crippen molar-refractivity contribution in [3.05, 3.63) is 59.9 Å². The number of pyridine rings is 1. The second-order valence-corrected chi connectivity index (χ2v) is 8.30. The summed E-state index contributed by atoms with van der Waals surface area (Å²) in [5.74, 6) is -1.08. The number of aromatic nitrogens is 1. The van der Waals surface area contributed by atoms with Crippen LogP contribution in [0.5, 0.6) is 0 Å². The maximum Gasteiger partial charge on any atom is 0.354 e. The fraction of sp³-hybridized carbons (Fsp3) is 0.409. The van der Waals surface area contributed by atoms with Crippen molar-refractivity contribution in [3.8, 4) is 0 Å². The lowest BCUT2D eigenvalue weighted by molar-refractivity contribution is 0.0657. The Morgan fingerprint density at radius 2 is 1.79 bits per heavy atom. The van der Waals surface area contributed by atoms with Crippen LogP contribution in [0.1, 0.15) is 41.7 Å². The number of carboxylic acid groups (broad SMARTS) is 1. The van der Waals surface area contributed by atoms with Crippen LogP contribution in [0.2, 0.25) is 0 Å². The topological polar surface area (TPSA) is 85.8 Å². The molecule has 2 heterocycles. The molecular weight excluding hydrogens is 368 g/mol. The number of urea groups is 1. The minimum Gasteiger partial charge on any atom is -0.477 e. The quantitative estimate of drug-likeness (QED) is 0.832. The van der Waals surface area contributed by atoms with Crippen LogP contribution in [0.15, 0.2) is 48.7 Å². The molecule has 1 aromatic heterocycles. The number of nitrogens with one attached hydrogen (secondary N) is 1. The highest BCUT2D eigenvalue weighted by Crippen LogP contribution is 2.46. The molecule has 1 aromatic carbocycles. The number of anilines is 1. The summed E-state index contributed by atoms with van der Waals surface area (Å²) in [7, 11) is 4.25. The van der Waals surface area contributed by atoms with Gasteiger partial charge in [0.1, 0.15) is 5.69 Å². The average Bonchev–Trinajstić information content (AvgIpc) is 3.05. The average molecular weight is 394 g/mol. The smallest absolute Gasteiger partial charge is 0.354 e. The molecule has 2 aliphatic rings. The van der Waals surface area contributed by atoms with Gasteiger partial charge in [0.2, 0.25) is 0 Å². The second-order valence-electron chi connectivity index (χ2n) is 8.30. The van der Waals surface area contributed by atoms with E-state index in [4.69, 9.17) is 5.11 Å².